The Morgan fingerprint density at radius 3 is 2.95 bits per heavy atom. The van der Waals surface area contributed by atoms with Crippen LogP contribution in [0.15, 0.2) is 18.2 Å². The predicted molar refractivity (Wildman–Crippen MR) is 82.5 cm³/mol. The molecule has 1 aromatic carbocycles. The number of halogens is 1. The summed E-state index contributed by atoms with van der Waals surface area (Å²) in [6, 6.07) is 5.99. The lowest BCUT2D eigenvalue weighted by Gasteiger charge is -2.38. The van der Waals surface area contributed by atoms with Crippen LogP contribution in [0.25, 0.3) is 0 Å². The maximum Gasteiger partial charge on any atom is 0.0984 e. The Bertz CT molecular complexity index is 442. The molecule has 5 heteroatoms. The summed E-state index contributed by atoms with van der Waals surface area (Å²) in [6.45, 7) is 7.32. The normalized spacial score (nSPS) is 23.1. The van der Waals surface area contributed by atoms with Gasteiger partial charge in [-0.3, -0.25) is 0 Å². The number of hydrogen-bond acceptors (Lipinski definition) is 4. The monoisotopic (exact) mass is 298 g/mol. The molecular weight excluding hydrogens is 276 g/mol. The number of nitrogens with zero attached hydrogens (tertiary/aromatic N) is 1. The van der Waals surface area contributed by atoms with Crippen molar-refractivity contribution in [2.24, 2.45) is 0 Å². The predicted octanol–water partition coefficient (Wildman–Crippen LogP) is 2.04. The Hall–Kier alpha value is -0.810. The molecule has 0 aliphatic carbocycles. The highest BCUT2D eigenvalue weighted by molar-refractivity contribution is 6.33. The van der Waals surface area contributed by atoms with Gasteiger partial charge in [-0.2, -0.15) is 0 Å². The summed E-state index contributed by atoms with van der Waals surface area (Å²) in [6.07, 6.45) is -0.0637. The second-order valence-corrected chi connectivity index (χ2v) is 5.59. The van der Waals surface area contributed by atoms with Gasteiger partial charge in [0, 0.05) is 19.6 Å². The van der Waals surface area contributed by atoms with E-state index >= 15 is 0 Å². The summed E-state index contributed by atoms with van der Waals surface area (Å²) in [4.78, 5) is 2.23. The molecule has 0 amide bonds. The van der Waals surface area contributed by atoms with E-state index in [1.165, 1.54) is 5.56 Å². The molecule has 1 heterocycles. The second kappa shape index (κ2) is 7.27. The first kappa shape index (κ1) is 15.6. The SMILES string of the molecule is CCNCc1cccc(Cl)c1N1CC(C)OC(CO)C1. The van der Waals surface area contributed by atoms with Crippen LogP contribution in [0.2, 0.25) is 5.02 Å². The summed E-state index contributed by atoms with van der Waals surface area (Å²) >= 11 is 6.41. The molecule has 20 heavy (non-hydrogen) atoms. The smallest absolute Gasteiger partial charge is 0.0984 e. The molecule has 0 aromatic heterocycles. The number of nitrogens with one attached hydrogen (secondary N) is 1. The zero-order valence-corrected chi connectivity index (χ0v) is 12.9. The number of anilines is 1. The lowest BCUT2D eigenvalue weighted by atomic mass is 10.1. The van der Waals surface area contributed by atoms with E-state index in [1.807, 2.05) is 19.1 Å². The highest BCUT2D eigenvalue weighted by atomic mass is 35.5. The molecule has 1 aliphatic rings. The van der Waals surface area contributed by atoms with E-state index in [-0.39, 0.29) is 18.8 Å². The molecule has 0 radical (unpaired) electrons. The minimum absolute atomic E-state index is 0.0356. The number of ether oxygens (including phenoxy) is 1. The Kier molecular flexibility index (Phi) is 5.66. The van der Waals surface area contributed by atoms with Crippen LogP contribution >= 0.6 is 11.6 Å². The van der Waals surface area contributed by atoms with Crippen molar-refractivity contribution in [2.45, 2.75) is 32.6 Å². The van der Waals surface area contributed by atoms with Gasteiger partial charge in [0.2, 0.25) is 0 Å². The van der Waals surface area contributed by atoms with Crippen LogP contribution in [-0.4, -0.2) is 43.6 Å². The fraction of sp³-hybridized carbons (Fsp3) is 0.600. The van der Waals surface area contributed by atoms with Gasteiger partial charge in [0.25, 0.3) is 0 Å². The largest absolute Gasteiger partial charge is 0.394 e. The van der Waals surface area contributed by atoms with Gasteiger partial charge in [0.05, 0.1) is 29.5 Å². The number of morpholine rings is 1. The van der Waals surface area contributed by atoms with Crippen LogP contribution < -0.4 is 10.2 Å². The number of aliphatic hydroxyl groups is 1. The lowest BCUT2D eigenvalue weighted by molar-refractivity contribution is -0.0421. The number of para-hydroxylation sites is 1. The molecular formula is C15H23ClN2O2. The molecule has 1 aliphatic heterocycles. The Morgan fingerprint density at radius 1 is 1.45 bits per heavy atom. The average molecular weight is 299 g/mol. The van der Waals surface area contributed by atoms with Crippen LogP contribution in [-0.2, 0) is 11.3 Å². The summed E-state index contributed by atoms with van der Waals surface area (Å²) in [5, 5.41) is 13.5. The third kappa shape index (κ3) is 3.64. The Balaban J connectivity index is 2.25. The molecule has 0 bridgehead atoms. The second-order valence-electron chi connectivity index (χ2n) is 5.18. The zero-order chi connectivity index (χ0) is 14.5. The van der Waals surface area contributed by atoms with E-state index in [9.17, 15) is 5.11 Å². The van der Waals surface area contributed by atoms with E-state index in [0.29, 0.717) is 6.54 Å². The van der Waals surface area contributed by atoms with Gasteiger partial charge in [-0.25, -0.2) is 0 Å². The molecule has 0 saturated carbocycles. The molecule has 2 rings (SSSR count). The quantitative estimate of drug-likeness (QED) is 0.873. The molecule has 0 spiro atoms. The number of aliphatic hydroxyl groups excluding tert-OH is 1. The average Bonchev–Trinajstić information content (AvgIpc) is 2.44. The van der Waals surface area contributed by atoms with Crippen molar-refractivity contribution in [2.75, 3.05) is 31.1 Å². The van der Waals surface area contributed by atoms with E-state index in [2.05, 4.69) is 23.2 Å². The van der Waals surface area contributed by atoms with Crippen LogP contribution in [0.1, 0.15) is 19.4 Å². The number of hydrogen-bond donors (Lipinski definition) is 2. The number of benzene rings is 1. The van der Waals surface area contributed by atoms with Crippen LogP contribution in [0, 0.1) is 0 Å². The fourth-order valence-corrected chi connectivity index (χ4v) is 2.96. The van der Waals surface area contributed by atoms with Crippen molar-refractivity contribution in [1.82, 2.24) is 5.32 Å². The summed E-state index contributed by atoms with van der Waals surface area (Å²) in [7, 11) is 0. The summed E-state index contributed by atoms with van der Waals surface area (Å²) in [5.41, 5.74) is 2.24. The van der Waals surface area contributed by atoms with E-state index < -0.39 is 0 Å². The van der Waals surface area contributed by atoms with Gasteiger partial charge >= 0.3 is 0 Å². The van der Waals surface area contributed by atoms with Crippen molar-refractivity contribution >= 4 is 17.3 Å². The van der Waals surface area contributed by atoms with E-state index in [0.717, 1.165) is 30.3 Å². The minimum Gasteiger partial charge on any atom is -0.394 e. The Morgan fingerprint density at radius 2 is 2.25 bits per heavy atom. The first-order valence-corrected chi connectivity index (χ1v) is 7.52. The molecule has 1 fully saturated rings. The van der Waals surface area contributed by atoms with Gasteiger partial charge in [-0.05, 0) is 25.1 Å². The Labute approximate surface area is 125 Å². The third-order valence-corrected chi connectivity index (χ3v) is 3.79. The first-order chi connectivity index (χ1) is 9.65. The van der Waals surface area contributed by atoms with Gasteiger partial charge in [-0.15, -0.1) is 0 Å². The third-order valence-electron chi connectivity index (χ3n) is 3.48. The highest BCUT2D eigenvalue weighted by Gasteiger charge is 2.27. The molecule has 4 nitrogen and oxygen atoms in total. The fourth-order valence-electron chi connectivity index (χ4n) is 2.65. The molecule has 1 aromatic rings. The maximum atomic E-state index is 9.36. The van der Waals surface area contributed by atoms with Crippen LogP contribution in [0.3, 0.4) is 0 Å². The topological polar surface area (TPSA) is 44.7 Å². The standard InChI is InChI=1S/C15H23ClN2O2/c1-3-17-7-12-5-4-6-14(16)15(12)18-8-11(2)20-13(9-18)10-19/h4-6,11,13,17,19H,3,7-10H2,1-2H3. The summed E-state index contributed by atoms with van der Waals surface area (Å²) < 4.78 is 5.70. The van der Waals surface area contributed by atoms with E-state index in [1.54, 1.807) is 0 Å². The minimum atomic E-state index is -0.151. The van der Waals surface area contributed by atoms with Crippen molar-refractivity contribution < 1.29 is 9.84 Å². The lowest BCUT2D eigenvalue weighted by Crippen LogP contribution is -2.48. The van der Waals surface area contributed by atoms with Crippen LogP contribution in [0.4, 0.5) is 5.69 Å². The highest BCUT2D eigenvalue weighted by Crippen LogP contribution is 2.32. The van der Waals surface area contributed by atoms with Crippen LogP contribution in [0.5, 0.6) is 0 Å². The van der Waals surface area contributed by atoms with Gasteiger partial charge in [0.15, 0.2) is 0 Å². The number of rotatable bonds is 5. The summed E-state index contributed by atoms with van der Waals surface area (Å²) in [5.74, 6) is 0. The molecule has 112 valence electrons. The molecule has 1 saturated heterocycles. The first-order valence-electron chi connectivity index (χ1n) is 7.15. The van der Waals surface area contributed by atoms with E-state index in [4.69, 9.17) is 16.3 Å². The maximum absolute atomic E-state index is 9.36. The molecule has 2 unspecified atom stereocenters. The zero-order valence-electron chi connectivity index (χ0n) is 12.1. The van der Waals surface area contributed by atoms with Crippen molar-refractivity contribution in [1.29, 1.82) is 0 Å². The molecule has 2 N–H and O–H groups in total. The molecule has 2 atom stereocenters. The van der Waals surface area contributed by atoms with Crippen molar-refractivity contribution in [3.63, 3.8) is 0 Å². The van der Waals surface area contributed by atoms with Gasteiger partial charge < -0.3 is 20.1 Å². The van der Waals surface area contributed by atoms with Gasteiger partial charge in [-0.1, -0.05) is 30.7 Å². The van der Waals surface area contributed by atoms with Gasteiger partial charge in [0.1, 0.15) is 0 Å². The van der Waals surface area contributed by atoms with Crippen molar-refractivity contribution in [3.8, 4) is 0 Å². The van der Waals surface area contributed by atoms with Crippen molar-refractivity contribution in [3.05, 3.63) is 28.8 Å².